The summed E-state index contributed by atoms with van der Waals surface area (Å²) in [6.07, 6.45) is 2.99. The van der Waals surface area contributed by atoms with Gasteiger partial charge in [0.2, 0.25) is 0 Å². The second kappa shape index (κ2) is 6.05. The van der Waals surface area contributed by atoms with E-state index in [1.54, 1.807) is 23.9 Å². The van der Waals surface area contributed by atoms with Crippen LogP contribution in [0.5, 0.6) is 0 Å². The van der Waals surface area contributed by atoms with Gasteiger partial charge >= 0.3 is 0 Å². The van der Waals surface area contributed by atoms with Crippen molar-refractivity contribution in [1.82, 2.24) is 5.43 Å². The second-order valence-electron chi connectivity index (χ2n) is 3.73. The molecule has 1 unspecified atom stereocenters. The van der Waals surface area contributed by atoms with Gasteiger partial charge in [0.05, 0.1) is 12.6 Å². The maximum absolute atomic E-state index is 12.7. The lowest BCUT2D eigenvalue weighted by atomic mass is 10.3. The van der Waals surface area contributed by atoms with Gasteiger partial charge in [-0.2, -0.15) is 0 Å². The molecule has 0 spiro atoms. The Balaban J connectivity index is 1.89. The van der Waals surface area contributed by atoms with Crippen LogP contribution in [0, 0.1) is 5.82 Å². The van der Waals surface area contributed by atoms with E-state index >= 15 is 0 Å². The van der Waals surface area contributed by atoms with E-state index in [1.165, 1.54) is 12.1 Å². The molecule has 1 aromatic carbocycles. The summed E-state index contributed by atoms with van der Waals surface area (Å²) in [4.78, 5) is 1.02. The van der Waals surface area contributed by atoms with Crippen molar-refractivity contribution in [1.29, 1.82) is 0 Å². The zero-order valence-corrected chi connectivity index (χ0v) is 10.2. The molecule has 1 aliphatic rings. The molecular weight excluding hydrogens is 239 g/mol. The smallest absolute Gasteiger partial charge is 0.123 e. The summed E-state index contributed by atoms with van der Waals surface area (Å²) in [5.74, 6) is 6.94. The molecule has 0 fully saturated rings. The van der Waals surface area contributed by atoms with E-state index in [0.717, 1.165) is 29.4 Å². The number of thioether (sulfide) groups is 1. The molecule has 1 heterocycles. The lowest BCUT2D eigenvalue weighted by Crippen LogP contribution is -2.38. The van der Waals surface area contributed by atoms with Crippen LogP contribution < -0.4 is 11.3 Å². The van der Waals surface area contributed by atoms with E-state index in [1.807, 2.05) is 0 Å². The average molecular weight is 254 g/mol. The van der Waals surface area contributed by atoms with Crippen molar-refractivity contribution >= 4 is 11.8 Å². The summed E-state index contributed by atoms with van der Waals surface area (Å²) in [7, 11) is 0. The van der Waals surface area contributed by atoms with Crippen molar-refractivity contribution in [3.63, 3.8) is 0 Å². The van der Waals surface area contributed by atoms with Gasteiger partial charge in [-0.3, -0.25) is 5.84 Å². The molecule has 5 heteroatoms. The molecule has 0 bridgehead atoms. The van der Waals surface area contributed by atoms with E-state index in [4.69, 9.17) is 10.6 Å². The highest BCUT2D eigenvalue weighted by molar-refractivity contribution is 7.99. The Morgan fingerprint density at radius 1 is 1.41 bits per heavy atom. The molecule has 17 heavy (non-hydrogen) atoms. The van der Waals surface area contributed by atoms with Crippen LogP contribution in [0.2, 0.25) is 0 Å². The standard InChI is InChI=1S/C12H15FN2OS/c13-9-3-5-10(6-4-9)17-8-11(15-14)12-2-1-7-16-12/h2-6,11,15H,1,7-8,14H2. The van der Waals surface area contributed by atoms with Crippen LogP contribution in [0.15, 0.2) is 41.0 Å². The van der Waals surface area contributed by atoms with Gasteiger partial charge in [0.25, 0.3) is 0 Å². The molecule has 3 nitrogen and oxygen atoms in total. The molecule has 1 aromatic rings. The molecule has 0 aliphatic carbocycles. The van der Waals surface area contributed by atoms with Crippen molar-refractivity contribution in [3.05, 3.63) is 41.9 Å². The van der Waals surface area contributed by atoms with Gasteiger partial charge in [-0.05, 0) is 30.3 Å². The molecule has 2 rings (SSSR count). The van der Waals surface area contributed by atoms with Gasteiger partial charge < -0.3 is 4.74 Å². The van der Waals surface area contributed by atoms with Crippen LogP contribution in [0.4, 0.5) is 4.39 Å². The SMILES string of the molecule is NNC(CSc1ccc(F)cc1)C1=CCCO1. The molecule has 0 radical (unpaired) electrons. The number of hydrogen-bond donors (Lipinski definition) is 2. The first-order valence-corrected chi connectivity index (χ1v) is 6.45. The maximum atomic E-state index is 12.7. The van der Waals surface area contributed by atoms with E-state index < -0.39 is 0 Å². The van der Waals surface area contributed by atoms with Gasteiger partial charge in [-0.25, -0.2) is 9.82 Å². The number of hydrazine groups is 1. The Hall–Kier alpha value is -1.04. The zero-order chi connectivity index (χ0) is 12.1. The molecular formula is C12H15FN2OS. The van der Waals surface area contributed by atoms with Crippen molar-refractivity contribution < 1.29 is 9.13 Å². The quantitative estimate of drug-likeness (QED) is 0.479. The first-order valence-electron chi connectivity index (χ1n) is 5.47. The molecule has 1 atom stereocenters. The van der Waals surface area contributed by atoms with E-state index in [0.29, 0.717) is 0 Å². The highest BCUT2D eigenvalue weighted by Gasteiger charge is 2.17. The number of benzene rings is 1. The van der Waals surface area contributed by atoms with Crippen LogP contribution in [-0.4, -0.2) is 18.4 Å². The van der Waals surface area contributed by atoms with Gasteiger partial charge in [-0.15, -0.1) is 11.8 Å². The Kier molecular flexibility index (Phi) is 4.42. The number of nitrogens with two attached hydrogens (primary N) is 1. The minimum Gasteiger partial charge on any atom is -0.496 e. The van der Waals surface area contributed by atoms with Crippen LogP contribution in [0.1, 0.15) is 6.42 Å². The number of halogens is 1. The monoisotopic (exact) mass is 254 g/mol. The molecule has 0 saturated heterocycles. The van der Waals surface area contributed by atoms with Gasteiger partial charge in [-0.1, -0.05) is 0 Å². The lowest BCUT2D eigenvalue weighted by molar-refractivity contribution is 0.220. The summed E-state index contributed by atoms with van der Waals surface area (Å²) in [5, 5.41) is 0. The van der Waals surface area contributed by atoms with E-state index in [2.05, 4.69) is 11.5 Å². The molecule has 3 N–H and O–H groups in total. The topological polar surface area (TPSA) is 47.3 Å². The van der Waals surface area contributed by atoms with E-state index in [-0.39, 0.29) is 11.9 Å². The summed E-state index contributed by atoms with van der Waals surface area (Å²) in [6, 6.07) is 6.44. The van der Waals surface area contributed by atoms with Gasteiger partial charge in [0, 0.05) is 17.1 Å². The minimum atomic E-state index is -0.218. The molecule has 92 valence electrons. The third-order valence-corrected chi connectivity index (χ3v) is 3.61. The second-order valence-corrected chi connectivity index (χ2v) is 4.82. The largest absolute Gasteiger partial charge is 0.496 e. The lowest BCUT2D eigenvalue weighted by Gasteiger charge is -2.16. The fourth-order valence-electron chi connectivity index (χ4n) is 1.60. The first-order chi connectivity index (χ1) is 8.29. The normalized spacial score (nSPS) is 16.5. The third-order valence-electron chi connectivity index (χ3n) is 2.51. The predicted octanol–water partition coefficient (Wildman–Crippen LogP) is 2.05. The van der Waals surface area contributed by atoms with Crippen molar-refractivity contribution in [2.45, 2.75) is 17.4 Å². The number of nitrogens with one attached hydrogen (secondary N) is 1. The summed E-state index contributed by atoms with van der Waals surface area (Å²) in [6.45, 7) is 0.731. The Labute approximate surface area is 104 Å². The number of hydrogen-bond acceptors (Lipinski definition) is 4. The Morgan fingerprint density at radius 3 is 2.76 bits per heavy atom. The Bertz CT molecular complexity index is 394. The highest BCUT2D eigenvalue weighted by atomic mass is 32.2. The van der Waals surface area contributed by atoms with Crippen molar-refractivity contribution in [3.8, 4) is 0 Å². The van der Waals surface area contributed by atoms with Crippen LogP contribution in [0.3, 0.4) is 0 Å². The molecule has 1 aliphatic heterocycles. The van der Waals surface area contributed by atoms with Crippen LogP contribution >= 0.6 is 11.8 Å². The molecule has 0 amide bonds. The Morgan fingerprint density at radius 2 is 2.18 bits per heavy atom. The number of rotatable bonds is 5. The summed E-state index contributed by atoms with van der Waals surface area (Å²) >= 11 is 1.62. The summed E-state index contributed by atoms with van der Waals surface area (Å²) in [5.41, 5.74) is 2.74. The number of ether oxygens (including phenoxy) is 1. The van der Waals surface area contributed by atoms with E-state index in [9.17, 15) is 4.39 Å². The average Bonchev–Trinajstić information content (AvgIpc) is 2.86. The fraction of sp³-hybridized carbons (Fsp3) is 0.333. The van der Waals surface area contributed by atoms with Crippen LogP contribution in [-0.2, 0) is 4.74 Å². The zero-order valence-electron chi connectivity index (χ0n) is 9.36. The van der Waals surface area contributed by atoms with Crippen molar-refractivity contribution in [2.75, 3.05) is 12.4 Å². The third kappa shape index (κ3) is 3.46. The minimum absolute atomic E-state index is 0.00699. The summed E-state index contributed by atoms with van der Waals surface area (Å²) < 4.78 is 18.2. The fourth-order valence-corrected chi connectivity index (χ4v) is 2.55. The maximum Gasteiger partial charge on any atom is 0.123 e. The van der Waals surface area contributed by atoms with Crippen LogP contribution in [0.25, 0.3) is 0 Å². The van der Waals surface area contributed by atoms with Crippen molar-refractivity contribution in [2.24, 2.45) is 5.84 Å². The highest BCUT2D eigenvalue weighted by Crippen LogP contribution is 2.22. The van der Waals surface area contributed by atoms with Gasteiger partial charge in [0.1, 0.15) is 11.6 Å². The predicted molar refractivity (Wildman–Crippen MR) is 66.9 cm³/mol. The molecule has 0 aromatic heterocycles. The molecule has 0 saturated carbocycles. The van der Waals surface area contributed by atoms with Gasteiger partial charge in [0.15, 0.2) is 0 Å². The first kappa shape index (κ1) is 12.4.